The van der Waals surface area contributed by atoms with Crippen molar-refractivity contribution in [3.8, 4) is 5.75 Å². The Balaban J connectivity index is 1.72. The zero-order chi connectivity index (χ0) is 32.3. The van der Waals surface area contributed by atoms with E-state index in [-0.39, 0.29) is 23.1 Å². The molecule has 232 valence electrons. The summed E-state index contributed by atoms with van der Waals surface area (Å²) in [5.74, 6) is -0.0146. The number of alkyl halides is 2. The molecule has 0 saturated heterocycles. The Labute approximate surface area is 262 Å². The minimum Gasteiger partial charge on any atom is -0.435 e. The number of amides is 1. The van der Waals surface area contributed by atoms with E-state index in [2.05, 4.69) is 92.2 Å². The molecule has 0 aliphatic heterocycles. The van der Waals surface area contributed by atoms with Crippen LogP contribution < -0.4 is 10.1 Å². The van der Waals surface area contributed by atoms with Crippen LogP contribution in [0.3, 0.4) is 0 Å². The SMILES string of the molecule is C=Cc1ccc(C2=CC(C(=C)/C(=C\CCCC(=O)N[C@@H](C)c3cccc(OC(F)F)c3)CC(C)(C)C)=C(C=C=CC)C2)cc1. The summed E-state index contributed by atoms with van der Waals surface area (Å²) in [7, 11) is 0. The molecule has 1 aliphatic rings. The molecule has 1 atom stereocenters. The van der Waals surface area contributed by atoms with Crippen molar-refractivity contribution in [3.05, 3.63) is 131 Å². The van der Waals surface area contributed by atoms with Crippen LogP contribution in [0.2, 0.25) is 0 Å². The predicted molar refractivity (Wildman–Crippen MR) is 179 cm³/mol. The van der Waals surface area contributed by atoms with Crippen molar-refractivity contribution < 1.29 is 18.3 Å². The Hall–Kier alpha value is -4.21. The smallest absolute Gasteiger partial charge is 0.387 e. The lowest BCUT2D eigenvalue weighted by atomic mass is 9.82. The third-order valence-electron chi connectivity index (χ3n) is 7.38. The maximum atomic E-state index is 12.7. The number of hydrogen-bond donors (Lipinski definition) is 1. The van der Waals surface area contributed by atoms with Gasteiger partial charge in [-0.2, -0.15) is 8.78 Å². The van der Waals surface area contributed by atoms with Gasteiger partial charge in [-0.25, -0.2) is 0 Å². The summed E-state index contributed by atoms with van der Waals surface area (Å²) in [5.41, 5.74) is 12.0. The summed E-state index contributed by atoms with van der Waals surface area (Å²) in [5, 5.41) is 2.97. The van der Waals surface area contributed by atoms with Gasteiger partial charge in [-0.05, 0) is 120 Å². The Kier molecular flexibility index (Phi) is 12.5. The zero-order valence-corrected chi connectivity index (χ0v) is 26.7. The van der Waals surface area contributed by atoms with Gasteiger partial charge in [0.15, 0.2) is 0 Å². The van der Waals surface area contributed by atoms with Crippen LogP contribution in [0.4, 0.5) is 8.78 Å². The number of ether oxygens (including phenoxy) is 1. The van der Waals surface area contributed by atoms with E-state index in [0.717, 1.165) is 36.0 Å². The second-order valence-electron chi connectivity index (χ2n) is 12.3. The molecule has 0 unspecified atom stereocenters. The Morgan fingerprint density at radius 1 is 1.16 bits per heavy atom. The average molecular weight is 598 g/mol. The fourth-order valence-electron chi connectivity index (χ4n) is 5.17. The molecule has 0 spiro atoms. The lowest BCUT2D eigenvalue weighted by molar-refractivity contribution is -0.121. The van der Waals surface area contributed by atoms with Gasteiger partial charge in [0.05, 0.1) is 6.04 Å². The molecule has 3 nitrogen and oxygen atoms in total. The van der Waals surface area contributed by atoms with Crippen LogP contribution in [-0.4, -0.2) is 12.5 Å². The van der Waals surface area contributed by atoms with Gasteiger partial charge in [-0.3, -0.25) is 4.79 Å². The van der Waals surface area contributed by atoms with Crippen molar-refractivity contribution >= 4 is 17.6 Å². The van der Waals surface area contributed by atoms with Crippen LogP contribution in [0.25, 0.3) is 11.6 Å². The van der Waals surface area contributed by atoms with Gasteiger partial charge < -0.3 is 10.1 Å². The topological polar surface area (TPSA) is 38.3 Å². The first kappa shape index (κ1) is 34.3. The number of carbonyl (C=O) groups excluding carboxylic acids is 1. The average Bonchev–Trinajstić information content (AvgIpc) is 3.40. The summed E-state index contributed by atoms with van der Waals surface area (Å²) in [6.07, 6.45) is 13.7. The quantitative estimate of drug-likeness (QED) is 0.134. The van der Waals surface area contributed by atoms with Crippen molar-refractivity contribution in [1.29, 1.82) is 0 Å². The summed E-state index contributed by atoms with van der Waals surface area (Å²) >= 11 is 0. The van der Waals surface area contributed by atoms with Crippen molar-refractivity contribution in [2.24, 2.45) is 5.41 Å². The van der Waals surface area contributed by atoms with Crippen LogP contribution in [0, 0.1) is 5.41 Å². The summed E-state index contributed by atoms with van der Waals surface area (Å²) < 4.78 is 29.7. The molecule has 0 heterocycles. The number of carbonyl (C=O) groups is 1. The molecule has 0 bridgehead atoms. The largest absolute Gasteiger partial charge is 0.435 e. The highest BCUT2D eigenvalue weighted by Crippen LogP contribution is 2.40. The maximum Gasteiger partial charge on any atom is 0.387 e. The summed E-state index contributed by atoms with van der Waals surface area (Å²) in [6, 6.07) is 14.5. The lowest BCUT2D eigenvalue weighted by Crippen LogP contribution is -2.26. The van der Waals surface area contributed by atoms with E-state index in [1.807, 2.05) is 26.0 Å². The van der Waals surface area contributed by atoms with E-state index < -0.39 is 6.61 Å². The molecule has 1 aliphatic carbocycles. The molecule has 3 rings (SSSR count). The molecule has 2 aromatic carbocycles. The summed E-state index contributed by atoms with van der Waals surface area (Å²) in [4.78, 5) is 12.7. The fraction of sp³-hybridized carbons (Fsp3) is 0.333. The number of allylic oxidation sites excluding steroid dienone is 8. The minimum atomic E-state index is -2.89. The lowest BCUT2D eigenvalue weighted by Gasteiger charge is -2.23. The predicted octanol–water partition coefficient (Wildman–Crippen LogP) is 10.7. The number of benzene rings is 2. The molecule has 0 fully saturated rings. The van der Waals surface area contributed by atoms with Gasteiger partial charge in [0, 0.05) is 6.42 Å². The van der Waals surface area contributed by atoms with E-state index in [9.17, 15) is 13.6 Å². The van der Waals surface area contributed by atoms with Crippen molar-refractivity contribution in [1.82, 2.24) is 5.32 Å². The van der Waals surface area contributed by atoms with E-state index in [4.69, 9.17) is 0 Å². The van der Waals surface area contributed by atoms with Crippen molar-refractivity contribution in [3.63, 3.8) is 0 Å². The maximum absolute atomic E-state index is 12.7. The first-order valence-corrected chi connectivity index (χ1v) is 15.2. The first-order valence-electron chi connectivity index (χ1n) is 15.2. The molecule has 0 saturated carbocycles. The fourth-order valence-corrected chi connectivity index (χ4v) is 5.17. The third kappa shape index (κ3) is 10.5. The van der Waals surface area contributed by atoms with E-state index in [0.29, 0.717) is 18.4 Å². The van der Waals surface area contributed by atoms with E-state index in [1.165, 1.54) is 34.4 Å². The highest BCUT2D eigenvalue weighted by Gasteiger charge is 2.22. The van der Waals surface area contributed by atoms with Crippen LogP contribution >= 0.6 is 0 Å². The summed E-state index contributed by atoms with van der Waals surface area (Å²) in [6.45, 7) is 16.0. The second kappa shape index (κ2) is 16.0. The van der Waals surface area contributed by atoms with Gasteiger partial charge in [0.2, 0.25) is 5.91 Å². The van der Waals surface area contributed by atoms with Gasteiger partial charge in [-0.1, -0.05) is 82.5 Å². The Bertz CT molecular complexity index is 1490. The van der Waals surface area contributed by atoms with Crippen molar-refractivity contribution in [2.75, 3.05) is 0 Å². The standard InChI is InChI=1S/C39H45F2NO2/c1-8-10-14-32-23-34(30-21-19-29(9-2)20-22-30)25-36(32)27(3)33(26-39(5,6)7)15-11-12-18-37(43)42-28(4)31-16-13-17-35(24-31)44-38(40)41/h8-9,13-17,19-22,24-25,28,38H,2-3,11-12,18,23,26H2,1,4-7H3,(H,42,43)/b33-15-/t10?,28-/m0/s1. The van der Waals surface area contributed by atoms with Gasteiger partial charge in [0.25, 0.3) is 0 Å². The van der Waals surface area contributed by atoms with Gasteiger partial charge in [0.1, 0.15) is 5.75 Å². The second-order valence-corrected chi connectivity index (χ2v) is 12.3. The van der Waals surface area contributed by atoms with Crippen LogP contribution in [0.5, 0.6) is 5.75 Å². The molecular weight excluding hydrogens is 552 g/mol. The molecule has 1 N–H and O–H groups in total. The zero-order valence-electron chi connectivity index (χ0n) is 26.7. The molecule has 44 heavy (non-hydrogen) atoms. The number of halogens is 2. The molecule has 5 heteroatoms. The van der Waals surface area contributed by atoms with Gasteiger partial charge in [-0.15, -0.1) is 5.73 Å². The molecule has 0 aromatic heterocycles. The molecule has 2 aromatic rings. The highest BCUT2D eigenvalue weighted by molar-refractivity contribution is 5.79. The normalized spacial score (nSPS) is 14.1. The van der Waals surface area contributed by atoms with Crippen LogP contribution in [-0.2, 0) is 4.79 Å². The van der Waals surface area contributed by atoms with Crippen LogP contribution in [0.1, 0.15) is 89.5 Å². The van der Waals surface area contributed by atoms with E-state index >= 15 is 0 Å². The number of hydrogen-bond acceptors (Lipinski definition) is 2. The minimum absolute atomic E-state index is 0.0513. The third-order valence-corrected chi connectivity index (χ3v) is 7.38. The van der Waals surface area contributed by atoms with Gasteiger partial charge >= 0.3 is 6.61 Å². The highest BCUT2D eigenvalue weighted by atomic mass is 19.3. The number of unbranched alkanes of at least 4 members (excludes halogenated alkanes) is 1. The number of nitrogens with one attached hydrogen (secondary N) is 1. The van der Waals surface area contributed by atoms with Crippen molar-refractivity contribution in [2.45, 2.75) is 79.4 Å². The molecular formula is C39H45F2NO2. The number of rotatable bonds is 14. The van der Waals surface area contributed by atoms with E-state index in [1.54, 1.807) is 12.1 Å². The first-order chi connectivity index (χ1) is 20.9. The molecule has 1 amide bonds. The van der Waals surface area contributed by atoms with Crippen LogP contribution in [0.15, 0.2) is 114 Å². The Morgan fingerprint density at radius 3 is 2.52 bits per heavy atom. The molecule has 0 radical (unpaired) electrons. The Morgan fingerprint density at radius 2 is 1.89 bits per heavy atom. The monoisotopic (exact) mass is 597 g/mol.